The van der Waals surface area contributed by atoms with Crippen molar-refractivity contribution in [1.29, 1.82) is 0 Å². The minimum Gasteiger partial charge on any atom is -0.495 e. The van der Waals surface area contributed by atoms with Crippen LogP contribution >= 0.6 is 11.6 Å². The number of pyridine rings is 1. The number of sulfonamides is 1. The summed E-state index contributed by atoms with van der Waals surface area (Å²) in [5.41, 5.74) is 6.44. The first-order valence-corrected chi connectivity index (χ1v) is 7.84. The minimum absolute atomic E-state index is 0.110. The Morgan fingerprint density at radius 2 is 2.10 bits per heavy atom. The van der Waals surface area contributed by atoms with Crippen LogP contribution in [0.2, 0.25) is 5.02 Å². The fourth-order valence-corrected chi connectivity index (χ4v) is 2.81. The topological polar surface area (TPSA) is 94.3 Å². The SMILES string of the molecule is COc1ccc(Cl)cc1NS(=O)(=O)c1ccc(CN)cn1. The number of benzene rings is 1. The van der Waals surface area contributed by atoms with E-state index in [0.717, 1.165) is 5.56 Å². The number of anilines is 1. The van der Waals surface area contributed by atoms with E-state index in [9.17, 15) is 8.42 Å². The molecular weight excluding hydrogens is 314 g/mol. The van der Waals surface area contributed by atoms with Crippen LogP contribution < -0.4 is 15.2 Å². The summed E-state index contributed by atoms with van der Waals surface area (Å²) in [5.74, 6) is 0.363. The maximum atomic E-state index is 12.3. The third-order valence-electron chi connectivity index (χ3n) is 2.71. The second kappa shape index (κ2) is 6.30. The van der Waals surface area contributed by atoms with E-state index in [2.05, 4.69) is 9.71 Å². The van der Waals surface area contributed by atoms with Gasteiger partial charge in [0.1, 0.15) is 5.75 Å². The number of aromatic nitrogens is 1. The molecule has 0 amide bonds. The molecule has 6 nitrogen and oxygen atoms in total. The molecule has 3 N–H and O–H groups in total. The molecule has 1 aromatic carbocycles. The van der Waals surface area contributed by atoms with Gasteiger partial charge in [0.15, 0.2) is 5.03 Å². The third-order valence-corrected chi connectivity index (χ3v) is 4.23. The lowest BCUT2D eigenvalue weighted by Crippen LogP contribution is -2.15. The number of rotatable bonds is 5. The van der Waals surface area contributed by atoms with Crippen molar-refractivity contribution >= 4 is 27.3 Å². The number of ether oxygens (including phenoxy) is 1. The average Bonchev–Trinajstić information content (AvgIpc) is 2.47. The molecule has 0 saturated carbocycles. The van der Waals surface area contributed by atoms with Gasteiger partial charge in [0.2, 0.25) is 0 Å². The van der Waals surface area contributed by atoms with Gasteiger partial charge in [0, 0.05) is 17.8 Å². The predicted octanol–water partition coefficient (Wildman–Crippen LogP) is 2.00. The summed E-state index contributed by atoms with van der Waals surface area (Å²) >= 11 is 5.87. The zero-order chi connectivity index (χ0) is 15.5. The van der Waals surface area contributed by atoms with Gasteiger partial charge in [-0.25, -0.2) is 4.98 Å². The van der Waals surface area contributed by atoms with Gasteiger partial charge >= 0.3 is 0 Å². The van der Waals surface area contributed by atoms with Gasteiger partial charge in [-0.15, -0.1) is 0 Å². The predicted molar refractivity (Wildman–Crippen MR) is 80.9 cm³/mol. The highest BCUT2D eigenvalue weighted by Crippen LogP contribution is 2.29. The molecule has 2 aromatic rings. The van der Waals surface area contributed by atoms with Crippen LogP contribution in [-0.4, -0.2) is 20.5 Å². The van der Waals surface area contributed by atoms with Crippen LogP contribution in [-0.2, 0) is 16.6 Å². The maximum Gasteiger partial charge on any atom is 0.279 e. The van der Waals surface area contributed by atoms with Gasteiger partial charge in [-0.05, 0) is 29.8 Å². The number of nitrogens with one attached hydrogen (secondary N) is 1. The Bertz CT molecular complexity index is 733. The van der Waals surface area contributed by atoms with Gasteiger partial charge in [0.25, 0.3) is 10.0 Å². The van der Waals surface area contributed by atoms with Gasteiger partial charge < -0.3 is 10.5 Å². The standard InChI is InChI=1S/C13H14ClN3O3S/c1-20-12-4-3-10(14)6-11(12)17-21(18,19)13-5-2-9(7-15)8-16-13/h2-6,8,17H,7,15H2,1H3. The molecule has 0 aliphatic rings. The van der Waals surface area contributed by atoms with Crippen LogP contribution in [0.25, 0.3) is 0 Å². The van der Waals surface area contributed by atoms with Crippen molar-refractivity contribution in [2.24, 2.45) is 5.73 Å². The number of nitrogens with two attached hydrogens (primary N) is 1. The fraction of sp³-hybridized carbons (Fsp3) is 0.154. The van der Waals surface area contributed by atoms with Crippen molar-refractivity contribution in [2.75, 3.05) is 11.8 Å². The van der Waals surface area contributed by atoms with Crippen molar-refractivity contribution < 1.29 is 13.2 Å². The van der Waals surface area contributed by atoms with Gasteiger partial charge in [-0.1, -0.05) is 17.7 Å². The van der Waals surface area contributed by atoms with Gasteiger partial charge in [0.05, 0.1) is 12.8 Å². The number of hydrogen-bond donors (Lipinski definition) is 2. The second-order valence-electron chi connectivity index (χ2n) is 4.16. The zero-order valence-corrected chi connectivity index (χ0v) is 12.8. The molecule has 0 spiro atoms. The summed E-state index contributed by atoms with van der Waals surface area (Å²) < 4.78 is 32.1. The molecule has 0 unspecified atom stereocenters. The van der Waals surface area contributed by atoms with E-state index in [4.69, 9.17) is 22.1 Å². The van der Waals surface area contributed by atoms with E-state index in [1.807, 2.05) is 0 Å². The third kappa shape index (κ3) is 3.63. The largest absolute Gasteiger partial charge is 0.495 e. The van der Waals surface area contributed by atoms with Crippen molar-refractivity contribution in [3.05, 3.63) is 47.1 Å². The molecule has 2 rings (SSSR count). The second-order valence-corrected chi connectivity index (χ2v) is 6.22. The van der Waals surface area contributed by atoms with Crippen molar-refractivity contribution in [3.8, 4) is 5.75 Å². The molecule has 0 aliphatic heterocycles. The summed E-state index contributed by atoms with van der Waals surface area (Å²) in [6, 6.07) is 7.64. The molecule has 0 bridgehead atoms. The molecule has 0 aliphatic carbocycles. The van der Waals surface area contributed by atoms with Gasteiger partial charge in [-0.3, -0.25) is 4.72 Å². The molecule has 112 valence electrons. The summed E-state index contributed by atoms with van der Waals surface area (Å²) in [7, 11) is -2.39. The van der Waals surface area contributed by atoms with Crippen LogP contribution in [0.5, 0.6) is 5.75 Å². The zero-order valence-electron chi connectivity index (χ0n) is 11.2. The highest BCUT2D eigenvalue weighted by Gasteiger charge is 2.18. The highest BCUT2D eigenvalue weighted by molar-refractivity contribution is 7.92. The number of hydrogen-bond acceptors (Lipinski definition) is 5. The Balaban J connectivity index is 2.34. The lowest BCUT2D eigenvalue weighted by molar-refractivity contribution is 0.417. The van der Waals surface area contributed by atoms with E-state index in [-0.39, 0.29) is 10.7 Å². The van der Waals surface area contributed by atoms with E-state index in [1.54, 1.807) is 18.2 Å². The summed E-state index contributed by atoms with van der Waals surface area (Å²) in [4.78, 5) is 3.89. The van der Waals surface area contributed by atoms with Crippen molar-refractivity contribution in [2.45, 2.75) is 11.6 Å². The Morgan fingerprint density at radius 3 is 2.67 bits per heavy atom. The minimum atomic E-state index is -3.83. The van der Waals surface area contributed by atoms with Crippen LogP contribution in [0.4, 0.5) is 5.69 Å². The first-order valence-electron chi connectivity index (χ1n) is 5.97. The average molecular weight is 328 g/mol. The Labute approximate surface area is 128 Å². The van der Waals surface area contributed by atoms with Crippen molar-refractivity contribution in [1.82, 2.24) is 4.98 Å². The van der Waals surface area contributed by atoms with Crippen LogP contribution in [0, 0.1) is 0 Å². The number of methoxy groups -OCH3 is 1. The molecule has 0 atom stereocenters. The maximum absolute atomic E-state index is 12.3. The normalized spacial score (nSPS) is 11.2. The lowest BCUT2D eigenvalue weighted by Gasteiger charge is -2.11. The van der Waals surface area contributed by atoms with Crippen molar-refractivity contribution in [3.63, 3.8) is 0 Å². The molecule has 8 heteroatoms. The van der Waals surface area contributed by atoms with Gasteiger partial charge in [-0.2, -0.15) is 8.42 Å². The van der Waals surface area contributed by atoms with E-state index in [1.165, 1.54) is 25.4 Å². The Kier molecular flexibility index (Phi) is 4.66. The highest BCUT2D eigenvalue weighted by atomic mass is 35.5. The summed E-state index contributed by atoms with van der Waals surface area (Å²) in [5, 5.41) is 0.279. The van der Waals surface area contributed by atoms with E-state index < -0.39 is 10.0 Å². The smallest absolute Gasteiger partial charge is 0.279 e. The fourth-order valence-electron chi connectivity index (χ4n) is 1.65. The molecule has 0 saturated heterocycles. The summed E-state index contributed by atoms with van der Waals surface area (Å²) in [6.07, 6.45) is 1.42. The van der Waals surface area contributed by atoms with Crippen LogP contribution in [0.3, 0.4) is 0 Å². The lowest BCUT2D eigenvalue weighted by atomic mass is 10.3. The first-order chi connectivity index (χ1) is 9.96. The van der Waals surface area contributed by atoms with E-state index in [0.29, 0.717) is 17.3 Å². The Morgan fingerprint density at radius 1 is 1.33 bits per heavy atom. The molecule has 1 heterocycles. The molecular formula is C13H14ClN3O3S. The summed E-state index contributed by atoms with van der Waals surface area (Å²) in [6.45, 7) is 0.295. The molecule has 1 aromatic heterocycles. The van der Waals surface area contributed by atoms with E-state index >= 15 is 0 Å². The van der Waals surface area contributed by atoms with Crippen LogP contribution in [0.1, 0.15) is 5.56 Å². The number of nitrogens with zero attached hydrogens (tertiary/aromatic N) is 1. The Hall–Kier alpha value is -1.83. The molecule has 21 heavy (non-hydrogen) atoms. The molecule has 0 radical (unpaired) electrons. The number of halogens is 1. The van der Waals surface area contributed by atoms with Crippen LogP contribution in [0.15, 0.2) is 41.6 Å². The quantitative estimate of drug-likeness (QED) is 0.876. The molecule has 0 fully saturated rings. The first kappa shape index (κ1) is 15.6. The monoisotopic (exact) mass is 327 g/mol.